The Labute approximate surface area is 183 Å². The number of nitrogens with zero attached hydrogens (tertiary/aromatic N) is 2. The van der Waals surface area contributed by atoms with Crippen LogP contribution >= 0.6 is 12.4 Å². The molecule has 5 heteroatoms. The zero-order chi connectivity index (χ0) is 20.0. The highest BCUT2D eigenvalue weighted by Gasteiger charge is 2.48. The van der Waals surface area contributed by atoms with Crippen molar-refractivity contribution in [3.8, 4) is 0 Å². The molecular weight excluding hydrogens is 399 g/mol. The molecule has 2 saturated heterocycles. The van der Waals surface area contributed by atoms with Gasteiger partial charge in [0.05, 0.1) is 5.69 Å². The second kappa shape index (κ2) is 8.52. The first-order valence-corrected chi connectivity index (χ1v) is 10.6. The van der Waals surface area contributed by atoms with Crippen LogP contribution in [0.5, 0.6) is 0 Å². The third-order valence-corrected chi connectivity index (χ3v) is 6.98. The van der Waals surface area contributed by atoms with E-state index in [9.17, 15) is 4.39 Å². The van der Waals surface area contributed by atoms with E-state index < -0.39 is 0 Å². The van der Waals surface area contributed by atoms with Crippen molar-refractivity contribution in [3.63, 3.8) is 0 Å². The number of aryl methyl sites for hydroxylation is 1. The minimum absolute atomic E-state index is 0. The van der Waals surface area contributed by atoms with Gasteiger partial charge < -0.3 is 4.52 Å². The van der Waals surface area contributed by atoms with E-state index >= 15 is 0 Å². The number of halogens is 2. The summed E-state index contributed by atoms with van der Waals surface area (Å²) < 4.78 is 19.1. The molecule has 0 N–H and O–H groups in total. The first-order chi connectivity index (χ1) is 14.1. The fraction of sp³-hybridized carbons (Fsp3) is 0.400. The molecule has 0 amide bonds. The normalized spacial score (nSPS) is 25.8. The number of aromatic nitrogens is 1. The van der Waals surface area contributed by atoms with E-state index in [2.05, 4.69) is 54.4 Å². The molecule has 0 saturated carbocycles. The molecule has 158 valence electrons. The molecule has 2 aliphatic heterocycles. The first kappa shape index (κ1) is 21.1. The lowest BCUT2D eigenvalue weighted by Gasteiger charge is -2.42. The van der Waals surface area contributed by atoms with Crippen LogP contribution < -0.4 is 0 Å². The van der Waals surface area contributed by atoms with Crippen molar-refractivity contribution in [3.05, 3.63) is 88.6 Å². The zero-order valence-electron chi connectivity index (χ0n) is 17.4. The topological polar surface area (TPSA) is 29.3 Å². The molecule has 3 aromatic rings. The molecule has 30 heavy (non-hydrogen) atoms. The molecule has 2 unspecified atom stereocenters. The summed E-state index contributed by atoms with van der Waals surface area (Å²) in [5.41, 5.74) is 4.66. The predicted octanol–water partition coefficient (Wildman–Crippen LogP) is 5.87. The average Bonchev–Trinajstić information content (AvgIpc) is 3.26. The third kappa shape index (κ3) is 3.91. The molecule has 4 atom stereocenters. The quantitative estimate of drug-likeness (QED) is 0.522. The molecule has 2 bridgehead atoms. The van der Waals surface area contributed by atoms with Crippen molar-refractivity contribution >= 4 is 12.4 Å². The molecule has 0 radical (unpaired) electrons. The summed E-state index contributed by atoms with van der Waals surface area (Å²) in [7, 11) is 2.26. The van der Waals surface area contributed by atoms with Gasteiger partial charge in [0.15, 0.2) is 0 Å². The Morgan fingerprint density at radius 1 is 1.07 bits per heavy atom. The van der Waals surface area contributed by atoms with Gasteiger partial charge in [-0.2, -0.15) is 0 Å². The Morgan fingerprint density at radius 3 is 2.53 bits per heavy atom. The van der Waals surface area contributed by atoms with Gasteiger partial charge in [0.25, 0.3) is 0 Å². The van der Waals surface area contributed by atoms with E-state index in [-0.39, 0.29) is 18.2 Å². The van der Waals surface area contributed by atoms with Gasteiger partial charge in [0.1, 0.15) is 11.6 Å². The van der Waals surface area contributed by atoms with Crippen molar-refractivity contribution in [2.45, 2.75) is 56.5 Å². The van der Waals surface area contributed by atoms with Crippen molar-refractivity contribution in [2.24, 2.45) is 0 Å². The highest BCUT2D eigenvalue weighted by atomic mass is 35.5. The van der Waals surface area contributed by atoms with Crippen LogP contribution in [0.1, 0.15) is 59.2 Å². The van der Waals surface area contributed by atoms with Crippen LogP contribution in [-0.2, 0) is 6.42 Å². The molecule has 3 heterocycles. The summed E-state index contributed by atoms with van der Waals surface area (Å²) in [5, 5.41) is 4.37. The molecule has 0 spiro atoms. The van der Waals surface area contributed by atoms with Crippen molar-refractivity contribution < 1.29 is 8.91 Å². The van der Waals surface area contributed by atoms with Gasteiger partial charge in [-0.05, 0) is 62.4 Å². The summed E-state index contributed by atoms with van der Waals surface area (Å²) in [5.74, 6) is 1.55. The van der Waals surface area contributed by atoms with E-state index in [1.807, 2.05) is 12.1 Å². The highest BCUT2D eigenvalue weighted by molar-refractivity contribution is 5.85. The van der Waals surface area contributed by atoms with Gasteiger partial charge in [-0.3, -0.25) is 4.90 Å². The standard InChI is InChI=1S/C25H27FN2O.ClH/c1-16-3-7-18(8-4-16)22-15-21-11-12-23(28(21)2)25(22)24-14-20(27-29-24)13-17-5-9-19(26)10-6-17;/h3-10,14,21-23,25H,11-13,15H2,1-2H3;1H/t21?,22-,23?,25+;/m1./s1. The van der Waals surface area contributed by atoms with Crippen LogP contribution in [0.15, 0.2) is 59.1 Å². The van der Waals surface area contributed by atoms with E-state index in [0.29, 0.717) is 30.3 Å². The molecular formula is C25H28ClFN2O. The maximum absolute atomic E-state index is 13.2. The van der Waals surface area contributed by atoms with Crippen LogP contribution in [0.4, 0.5) is 4.39 Å². The van der Waals surface area contributed by atoms with Crippen molar-refractivity contribution in [1.82, 2.24) is 10.1 Å². The predicted molar refractivity (Wildman–Crippen MR) is 119 cm³/mol. The highest BCUT2D eigenvalue weighted by Crippen LogP contribution is 2.51. The van der Waals surface area contributed by atoms with Crippen LogP contribution in [0, 0.1) is 12.7 Å². The molecule has 0 aliphatic carbocycles. The minimum Gasteiger partial charge on any atom is -0.361 e. The van der Waals surface area contributed by atoms with E-state index in [4.69, 9.17) is 4.52 Å². The van der Waals surface area contributed by atoms with Crippen LogP contribution in [-0.4, -0.2) is 29.2 Å². The second-order valence-electron chi connectivity index (χ2n) is 8.77. The lowest BCUT2D eigenvalue weighted by Crippen LogP contribution is -2.44. The number of likely N-dealkylation sites (N-methyl/N-ethyl adjacent to an activating group) is 1. The molecule has 2 aliphatic rings. The monoisotopic (exact) mass is 426 g/mol. The summed E-state index contributed by atoms with van der Waals surface area (Å²) in [4.78, 5) is 2.55. The minimum atomic E-state index is -0.212. The molecule has 5 rings (SSSR count). The van der Waals surface area contributed by atoms with Gasteiger partial charge in [-0.15, -0.1) is 12.4 Å². The van der Waals surface area contributed by atoms with Gasteiger partial charge >= 0.3 is 0 Å². The lowest BCUT2D eigenvalue weighted by molar-refractivity contribution is 0.122. The molecule has 3 nitrogen and oxygen atoms in total. The smallest absolute Gasteiger partial charge is 0.142 e. The van der Waals surface area contributed by atoms with Gasteiger partial charge in [-0.25, -0.2) is 4.39 Å². The summed E-state index contributed by atoms with van der Waals surface area (Å²) in [6, 6.07) is 18.9. The van der Waals surface area contributed by atoms with Gasteiger partial charge in [0, 0.05) is 30.5 Å². The maximum atomic E-state index is 13.2. The molecule has 1 aromatic heterocycles. The number of hydrogen-bond acceptors (Lipinski definition) is 3. The Kier molecular flexibility index (Phi) is 5.99. The van der Waals surface area contributed by atoms with E-state index in [1.54, 1.807) is 0 Å². The number of benzene rings is 2. The van der Waals surface area contributed by atoms with Crippen molar-refractivity contribution in [1.29, 1.82) is 0 Å². The number of hydrogen-bond donors (Lipinski definition) is 0. The SMILES string of the molecule is Cc1ccc([C@H]2CC3CCC([C@H]2c2cc(Cc4ccc(F)cc4)no2)N3C)cc1.Cl. The number of piperidine rings is 1. The fourth-order valence-electron chi connectivity index (χ4n) is 5.39. The van der Waals surface area contributed by atoms with Gasteiger partial charge in [-0.1, -0.05) is 47.1 Å². The lowest BCUT2D eigenvalue weighted by atomic mass is 9.74. The number of rotatable bonds is 4. The van der Waals surface area contributed by atoms with Crippen molar-refractivity contribution in [2.75, 3.05) is 7.05 Å². The molecule has 2 aromatic carbocycles. The molecule has 2 fully saturated rings. The van der Waals surface area contributed by atoms with E-state index in [0.717, 1.165) is 23.4 Å². The average molecular weight is 427 g/mol. The Morgan fingerprint density at radius 2 is 1.80 bits per heavy atom. The third-order valence-electron chi connectivity index (χ3n) is 6.98. The summed E-state index contributed by atoms with van der Waals surface area (Å²) in [6.07, 6.45) is 4.29. The first-order valence-electron chi connectivity index (χ1n) is 10.6. The Bertz CT molecular complexity index is 985. The largest absolute Gasteiger partial charge is 0.361 e. The van der Waals surface area contributed by atoms with Crippen LogP contribution in [0.3, 0.4) is 0 Å². The zero-order valence-corrected chi connectivity index (χ0v) is 18.2. The van der Waals surface area contributed by atoms with Crippen LogP contribution in [0.2, 0.25) is 0 Å². The summed E-state index contributed by atoms with van der Waals surface area (Å²) in [6.45, 7) is 2.14. The van der Waals surface area contributed by atoms with Crippen LogP contribution in [0.25, 0.3) is 0 Å². The summed E-state index contributed by atoms with van der Waals surface area (Å²) >= 11 is 0. The Hall–Kier alpha value is -2.17. The number of fused-ring (bicyclic) bond motifs is 2. The maximum Gasteiger partial charge on any atom is 0.142 e. The van der Waals surface area contributed by atoms with Gasteiger partial charge in [0.2, 0.25) is 0 Å². The van der Waals surface area contributed by atoms with E-state index in [1.165, 1.54) is 36.1 Å². The Balaban J connectivity index is 0.00000218. The second-order valence-corrected chi connectivity index (χ2v) is 8.77. The fourth-order valence-corrected chi connectivity index (χ4v) is 5.39.